The lowest BCUT2D eigenvalue weighted by Gasteiger charge is -2.13. The Labute approximate surface area is 303 Å². The summed E-state index contributed by atoms with van der Waals surface area (Å²) in [5, 5.41) is 53.2. The van der Waals surface area contributed by atoms with Crippen molar-refractivity contribution < 1.29 is 59.0 Å². The van der Waals surface area contributed by atoms with Crippen LogP contribution in [0.3, 0.4) is 0 Å². The normalized spacial score (nSPS) is 18.9. The fourth-order valence-electron chi connectivity index (χ4n) is 4.34. The van der Waals surface area contributed by atoms with Crippen molar-refractivity contribution in [3.63, 3.8) is 0 Å². The average molecular weight is 769 g/mol. The van der Waals surface area contributed by atoms with Gasteiger partial charge in [0.2, 0.25) is 0 Å². The molecule has 53 heavy (non-hydrogen) atoms. The third-order valence-corrected chi connectivity index (χ3v) is 7.52. The molecule has 6 N–H and O–H groups in total. The van der Waals surface area contributed by atoms with E-state index < -0.39 is 16.1 Å². The summed E-state index contributed by atoms with van der Waals surface area (Å²) in [5.74, 6) is 0. The first kappa shape index (κ1) is 45.3. The number of amides is 12. The summed E-state index contributed by atoms with van der Waals surface area (Å²) in [5.41, 5.74) is 0. The molecule has 0 saturated carbocycles. The SMILES string of the molecule is CN1CCN(C)C1=O.CN1CCNC1=O.CON1CCN(CO)C1=O.O=C1N(CO)CCN1CO.O=C1N([N+](=O)[O-])CCN1[N+](=O)[O-].O=C1NCCN1. The first-order chi connectivity index (χ1) is 25.0. The Balaban J connectivity index is 0.000000322. The van der Waals surface area contributed by atoms with Gasteiger partial charge in [-0.15, -0.1) is 0 Å². The maximum absolute atomic E-state index is 10.9. The molecule has 28 heteroatoms. The van der Waals surface area contributed by atoms with Crippen LogP contribution in [0.1, 0.15) is 0 Å². The Morgan fingerprint density at radius 3 is 1.19 bits per heavy atom. The van der Waals surface area contributed by atoms with Crippen LogP contribution in [-0.2, 0) is 4.84 Å². The van der Waals surface area contributed by atoms with Crippen molar-refractivity contribution in [1.82, 2.24) is 60.4 Å². The lowest BCUT2D eigenvalue weighted by atomic mass is 10.6. The molecule has 6 rings (SSSR count). The smallest absolute Gasteiger partial charge is 0.376 e. The number of hydrogen-bond donors (Lipinski definition) is 6. The standard InChI is InChI=1S/2C5H10N2O3.C5H10N2O.C4H8N2O.C3H4N4O5.C3H6N2O/c1-10-7-3-2-6(4-8)5(7)9;8-3-6-1-2-7(4-9)5(6)10;1-6-3-4-7(2)5(6)8;1-6-3-2-5-4(6)7;8-3-4(6(9)10)1-2-5(3)7(11)12;6-3-4-1-2-5-3/h8H,2-4H2,1H3;8-9H,1-4H2;3-4H2,1-2H3;2-3H2,1H3,(H,5,7);1-2H2;1-2H2,(H2,4,5,6). The predicted octanol–water partition coefficient (Wildman–Crippen LogP) is -4.11. The molecule has 6 saturated heterocycles. The highest BCUT2D eigenvalue weighted by molar-refractivity contribution is 5.77. The predicted molar refractivity (Wildman–Crippen MR) is 177 cm³/mol. The summed E-state index contributed by atoms with van der Waals surface area (Å²) in [6.07, 6.45) is 0. The minimum Gasteiger partial charge on any atom is -0.376 e. The van der Waals surface area contributed by atoms with Gasteiger partial charge in [0, 0.05) is 80.0 Å². The molecule has 0 aliphatic carbocycles. The van der Waals surface area contributed by atoms with Gasteiger partial charge < -0.3 is 46.0 Å². The van der Waals surface area contributed by atoms with Gasteiger partial charge in [-0.2, -0.15) is 0 Å². The quantitative estimate of drug-likeness (QED) is 0.111. The highest BCUT2D eigenvalue weighted by Crippen LogP contribution is 2.08. The lowest BCUT2D eigenvalue weighted by Crippen LogP contribution is -2.38. The Bertz CT molecular complexity index is 1180. The van der Waals surface area contributed by atoms with Gasteiger partial charge in [-0.05, 0) is 10.0 Å². The largest absolute Gasteiger partial charge is 0.435 e. The molecule has 12 amide bonds. The van der Waals surface area contributed by atoms with Crippen molar-refractivity contribution in [3.8, 4) is 0 Å². The molecule has 0 unspecified atom stereocenters. The van der Waals surface area contributed by atoms with Crippen LogP contribution < -0.4 is 16.0 Å². The van der Waals surface area contributed by atoms with E-state index in [0.717, 1.165) is 39.3 Å². The minimum atomic E-state index is -1.20. The van der Waals surface area contributed by atoms with Gasteiger partial charge in [-0.25, -0.2) is 54.1 Å². The second-order valence-electron chi connectivity index (χ2n) is 11.0. The number of carbonyl (C=O) groups is 6. The van der Waals surface area contributed by atoms with Gasteiger partial charge in [-0.1, -0.05) is 0 Å². The van der Waals surface area contributed by atoms with Crippen molar-refractivity contribution in [2.45, 2.75) is 0 Å². The van der Waals surface area contributed by atoms with E-state index in [0.29, 0.717) is 26.2 Å². The van der Waals surface area contributed by atoms with Crippen molar-refractivity contribution in [1.29, 1.82) is 0 Å². The summed E-state index contributed by atoms with van der Waals surface area (Å²) >= 11 is 0. The van der Waals surface area contributed by atoms with Crippen LogP contribution in [0.15, 0.2) is 0 Å². The molecule has 6 aliphatic rings. The maximum Gasteiger partial charge on any atom is 0.435 e. The van der Waals surface area contributed by atoms with Crippen LogP contribution in [0.4, 0.5) is 28.8 Å². The molecule has 6 aliphatic heterocycles. The molecule has 6 heterocycles. The Hall–Kier alpha value is -5.74. The van der Waals surface area contributed by atoms with Gasteiger partial charge in [0.15, 0.2) is 10.1 Å². The second-order valence-corrected chi connectivity index (χ2v) is 11.0. The van der Waals surface area contributed by atoms with Crippen LogP contribution in [-0.4, -0.2) is 233 Å². The van der Waals surface area contributed by atoms with Gasteiger partial charge in [0.05, 0.1) is 13.7 Å². The van der Waals surface area contributed by atoms with E-state index in [2.05, 4.69) is 20.8 Å². The zero-order valence-electron chi connectivity index (χ0n) is 29.9. The van der Waals surface area contributed by atoms with E-state index in [4.69, 9.17) is 15.3 Å². The van der Waals surface area contributed by atoms with E-state index >= 15 is 0 Å². The Morgan fingerprint density at radius 2 is 1.00 bits per heavy atom. The topological polar surface area (TPSA) is 324 Å². The van der Waals surface area contributed by atoms with Crippen molar-refractivity contribution in [2.24, 2.45) is 0 Å². The van der Waals surface area contributed by atoms with Gasteiger partial charge in [0.25, 0.3) is 0 Å². The molecule has 28 nitrogen and oxygen atoms in total. The van der Waals surface area contributed by atoms with Crippen molar-refractivity contribution in [3.05, 3.63) is 20.2 Å². The summed E-state index contributed by atoms with van der Waals surface area (Å²) in [6.45, 7) is 5.70. The third kappa shape index (κ3) is 14.4. The number of aliphatic hydroxyl groups is 3. The van der Waals surface area contributed by atoms with E-state index in [9.17, 15) is 49.0 Å². The molecule has 0 bridgehead atoms. The number of hydrogen-bond acceptors (Lipinski definition) is 14. The highest BCUT2D eigenvalue weighted by Gasteiger charge is 2.43. The molecular formula is C25H48N14O14. The average Bonchev–Trinajstić information content (AvgIpc) is 4.00. The van der Waals surface area contributed by atoms with E-state index in [1.807, 2.05) is 14.1 Å². The van der Waals surface area contributed by atoms with Gasteiger partial charge in [-0.3, -0.25) is 19.5 Å². The van der Waals surface area contributed by atoms with Crippen LogP contribution in [0, 0.1) is 20.2 Å². The summed E-state index contributed by atoms with van der Waals surface area (Å²) in [7, 11) is 6.83. The van der Waals surface area contributed by atoms with E-state index in [1.165, 1.54) is 26.9 Å². The summed E-state index contributed by atoms with van der Waals surface area (Å²) in [6, 6.07) is -1.65. The monoisotopic (exact) mass is 768 g/mol. The molecule has 0 aromatic rings. The van der Waals surface area contributed by atoms with Crippen molar-refractivity contribution >= 4 is 36.2 Å². The number of nitro groups is 2. The summed E-state index contributed by atoms with van der Waals surface area (Å²) in [4.78, 5) is 97.4. The molecule has 0 aromatic heterocycles. The van der Waals surface area contributed by atoms with E-state index in [1.54, 1.807) is 21.7 Å². The minimum absolute atomic E-state index is 0.0417. The second kappa shape index (κ2) is 22.9. The molecule has 0 spiro atoms. The fraction of sp³-hybridized carbons (Fsp3) is 0.760. The fourth-order valence-corrected chi connectivity index (χ4v) is 4.34. The zero-order valence-corrected chi connectivity index (χ0v) is 29.9. The number of likely N-dealkylation sites (N-methyl/N-ethyl adjacent to an activating group) is 3. The zero-order chi connectivity index (χ0) is 40.2. The molecular weight excluding hydrogens is 720 g/mol. The van der Waals surface area contributed by atoms with E-state index in [-0.39, 0.29) is 73.5 Å². The molecule has 0 atom stereocenters. The van der Waals surface area contributed by atoms with Crippen molar-refractivity contribution in [2.75, 3.05) is 127 Å². The van der Waals surface area contributed by atoms with Crippen LogP contribution in [0.2, 0.25) is 0 Å². The number of hydroxylamine groups is 2. The number of hydrazine groups is 2. The number of aliphatic hydroxyl groups excluding tert-OH is 3. The summed E-state index contributed by atoms with van der Waals surface area (Å²) < 4.78 is 0. The first-order valence-corrected chi connectivity index (χ1v) is 15.9. The number of nitrogens with one attached hydrogen (secondary N) is 3. The maximum atomic E-state index is 10.9. The number of nitrogens with zero attached hydrogens (tertiary/aromatic N) is 11. The number of rotatable bonds is 6. The number of urea groups is 6. The lowest BCUT2D eigenvalue weighted by molar-refractivity contribution is -0.647. The molecule has 302 valence electrons. The molecule has 6 fully saturated rings. The highest BCUT2D eigenvalue weighted by atomic mass is 16.7. The van der Waals surface area contributed by atoms with Crippen LogP contribution >= 0.6 is 0 Å². The molecule has 0 radical (unpaired) electrons. The van der Waals surface area contributed by atoms with Gasteiger partial charge >= 0.3 is 36.2 Å². The van der Waals surface area contributed by atoms with Crippen LogP contribution in [0.5, 0.6) is 0 Å². The first-order valence-electron chi connectivity index (χ1n) is 15.9. The van der Waals surface area contributed by atoms with Gasteiger partial charge in [0.1, 0.15) is 33.3 Å². The molecule has 0 aromatic carbocycles. The Morgan fingerprint density at radius 1 is 0.566 bits per heavy atom. The third-order valence-electron chi connectivity index (χ3n) is 7.52. The van der Waals surface area contributed by atoms with Crippen LogP contribution in [0.25, 0.3) is 0 Å². The number of carbonyl (C=O) groups excluding carboxylic acids is 6. The Kier molecular flexibility index (Phi) is 19.6.